The number of benzene rings is 1. The Morgan fingerprint density at radius 1 is 1.18 bits per heavy atom. The molecule has 88 valence electrons. The van der Waals surface area contributed by atoms with Crippen molar-refractivity contribution < 1.29 is 19.8 Å². The summed E-state index contributed by atoms with van der Waals surface area (Å²) in [4.78, 5) is 22.0. The van der Waals surface area contributed by atoms with E-state index in [-0.39, 0.29) is 11.1 Å². The number of aromatic nitrogens is 1. The van der Waals surface area contributed by atoms with Gasteiger partial charge in [0.25, 0.3) is 0 Å². The molecule has 2 rings (SSSR count). The summed E-state index contributed by atoms with van der Waals surface area (Å²) in [5.41, 5.74) is 1.59. The van der Waals surface area contributed by atoms with Crippen molar-refractivity contribution in [2.75, 3.05) is 0 Å². The molecule has 2 N–H and O–H groups in total. The van der Waals surface area contributed by atoms with E-state index in [1.807, 2.05) is 0 Å². The van der Waals surface area contributed by atoms with Crippen LogP contribution in [0.5, 0.6) is 0 Å². The minimum absolute atomic E-state index is 0.148. The van der Waals surface area contributed by atoms with Crippen molar-refractivity contribution in [3.63, 3.8) is 0 Å². The van der Waals surface area contributed by atoms with E-state index in [0.29, 0.717) is 16.6 Å². The van der Waals surface area contributed by atoms with E-state index in [9.17, 15) is 9.59 Å². The molecule has 2 aromatic rings. The number of carboxylic acids is 2. The van der Waals surface area contributed by atoms with Crippen LogP contribution in [-0.2, 0) is 7.05 Å². The van der Waals surface area contributed by atoms with Gasteiger partial charge in [-0.15, -0.1) is 0 Å². The second-order valence-electron chi connectivity index (χ2n) is 3.86. The molecule has 0 saturated carbocycles. The lowest BCUT2D eigenvalue weighted by molar-refractivity contribution is 0.0687. The first-order chi connectivity index (χ1) is 7.93. The van der Waals surface area contributed by atoms with Crippen molar-refractivity contribution >= 4 is 22.8 Å². The second kappa shape index (κ2) is 3.62. The van der Waals surface area contributed by atoms with Crippen molar-refractivity contribution in [3.8, 4) is 0 Å². The molecule has 0 unspecified atom stereocenters. The van der Waals surface area contributed by atoms with E-state index >= 15 is 0 Å². The van der Waals surface area contributed by atoms with Crippen molar-refractivity contribution in [2.24, 2.45) is 7.05 Å². The zero-order chi connectivity index (χ0) is 12.7. The molecule has 0 radical (unpaired) electrons. The minimum Gasteiger partial charge on any atom is -0.478 e. The van der Waals surface area contributed by atoms with Crippen LogP contribution in [0.4, 0.5) is 0 Å². The van der Waals surface area contributed by atoms with Gasteiger partial charge < -0.3 is 14.8 Å². The third-order valence-electron chi connectivity index (χ3n) is 2.95. The average Bonchev–Trinajstić information content (AvgIpc) is 2.51. The normalized spacial score (nSPS) is 10.7. The maximum atomic E-state index is 11.1. The molecule has 0 aliphatic carbocycles. The molecule has 5 heteroatoms. The van der Waals surface area contributed by atoms with Crippen LogP contribution < -0.4 is 0 Å². The Balaban J connectivity index is 2.85. The van der Waals surface area contributed by atoms with Crippen molar-refractivity contribution in [1.82, 2.24) is 4.57 Å². The average molecular weight is 233 g/mol. The molecule has 0 bridgehead atoms. The Morgan fingerprint density at radius 2 is 1.82 bits per heavy atom. The first-order valence-electron chi connectivity index (χ1n) is 4.99. The van der Waals surface area contributed by atoms with Gasteiger partial charge in [-0.25, -0.2) is 9.59 Å². The highest BCUT2D eigenvalue weighted by molar-refractivity contribution is 6.06. The number of carboxylic acid groups (broad SMARTS) is 2. The summed E-state index contributed by atoms with van der Waals surface area (Å²) in [7, 11) is 1.72. The van der Waals surface area contributed by atoms with Gasteiger partial charge in [-0.1, -0.05) is 6.07 Å². The molecule has 0 fully saturated rings. The number of aromatic carboxylic acids is 2. The molecule has 17 heavy (non-hydrogen) atoms. The van der Waals surface area contributed by atoms with Crippen molar-refractivity contribution in [3.05, 3.63) is 35.0 Å². The fourth-order valence-corrected chi connectivity index (χ4v) is 1.97. The summed E-state index contributed by atoms with van der Waals surface area (Å²) >= 11 is 0. The Hall–Kier alpha value is -2.30. The Morgan fingerprint density at radius 3 is 2.35 bits per heavy atom. The van der Waals surface area contributed by atoms with E-state index in [1.54, 1.807) is 18.5 Å². The lowest BCUT2D eigenvalue weighted by atomic mass is 10.1. The van der Waals surface area contributed by atoms with Gasteiger partial charge in [0.1, 0.15) is 0 Å². The zero-order valence-corrected chi connectivity index (χ0v) is 9.39. The summed E-state index contributed by atoms with van der Waals surface area (Å²) in [6.07, 6.45) is 0. The van der Waals surface area contributed by atoms with Crippen LogP contribution in [0.2, 0.25) is 0 Å². The molecule has 0 spiro atoms. The van der Waals surface area contributed by atoms with Crippen molar-refractivity contribution in [1.29, 1.82) is 0 Å². The fourth-order valence-electron chi connectivity index (χ4n) is 1.97. The third-order valence-corrected chi connectivity index (χ3v) is 2.95. The monoisotopic (exact) mass is 233 g/mol. The predicted octanol–water partition coefficient (Wildman–Crippen LogP) is 1.88. The molecular formula is C12H11NO4. The quantitative estimate of drug-likeness (QED) is 0.830. The lowest BCUT2D eigenvalue weighted by Gasteiger charge is -1.99. The molecule has 0 saturated heterocycles. The van der Waals surface area contributed by atoms with E-state index in [1.165, 1.54) is 18.2 Å². The van der Waals surface area contributed by atoms with E-state index in [0.717, 1.165) is 0 Å². The summed E-state index contributed by atoms with van der Waals surface area (Å²) in [6.45, 7) is 1.70. The number of fused-ring (bicyclic) bond motifs is 1. The van der Waals surface area contributed by atoms with Crippen LogP contribution in [0, 0.1) is 6.92 Å². The smallest absolute Gasteiger partial charge is 0.338 e. The van der Waals surface area contributed by atoms with Crippen LogP contribution >= 0.6 is 0 Å². The van der Waals surface area contributed by atoms with Gasteiger partial charge in [0.05, 0.1) is 11.1 Å². The van der Waals surface area contributed by atoms with Gasteiger partial charge in [-0.3, -0.25) is 0 Å². The maximum Gasteiger partial charge on any atom is 0.338 e. The summed E-state index contributed by atoms with van der Waals surface area (Å²) in [6, 6.07) is 4.43. The first kappa shape index (κ1) is 11.2. The zero-order valence-electron chi connectivity index (χ0n) is 9.39. The molecule has 0 aliphatic heterocycles. The molecule has 0 amide bonds. The van der Waals surface area contributed by atoms with Gasteiger partial charge in [0, 0.05) is 23.6 Å². The fraction of sp³-hybridized carbons (Fsp3) is 0.167. The molecule has 0 aliphatic rings. The highest BCUT2D eigenvalue weighted by Gasteiger charge is 2.18. The number of hydrogen-bond acceptors (Lipinski definition) is 2. The van der Waals surface area contributed by atoms with Crippen LogP contribution in [0.1, 0.15) is 26.4 Å². The SMILES string of the molecule is Cc1c(C(=O)O)c2ccc(C(=O)O)cc2n1C. The topological polar surface area (TPSA) is 79.5 Å². The summed E-state index contributed by atoms with van der Waals surface area (Å²) in [5.74, 6) is -2.03. The second-order valence-corrected chi connectivity index (χ2v) is 3.86. The predicted molar refractivity (Wildman–Crippen MR) is 61.6 cm³/mol. The van der Waals surface area contributed by atoms with Gasteiger partial charge in [0.2, 0.25) is 0 Å². The molecular weight excluding hydrogens is 222 g/mol. The number of rotatable bonds is 2. The van der Waals surface area contributed by atoms with E-state index in [2.05, 4.69) is 0 Å². The molecule has 1 aromatic carbocycles. The summed E-state index contributed by atoms with van der Waals surface area (Å²) < 4.78 is 1.69. The summed E-state index contributed by atoms with van der Waals surface area (Å²) in [5, 5.41) is 18.6. The number of aryl methyl sites for hydroxylation is 1. The Bertz CT molecular complexity index is 639. The first-order valence-corrected chi connectivity index (χ1v) is 4.99. The number of hydrogen-bond donors (Lipinski definition) is 2. The van der Waals surface area contributed by atoms with Crippen LogP contribution in [0.3, 0.4) is 0 Å². The van der Waals surface area contributed by atoms with E-state index < -0.39 is 11.9 Å². The van der Waals surface area contributed by atoms with Gasteiger partial charge >= 0.3 is 11.9 Å². The van der Waals surface area contributed by atoms with E-state index in [4.69, 9.17) is 10.2 Å². The molecule has 1 aromatic heterocycles. The maximum absolute atomic E-state index is 11.1. The van der Waals surface area contributed by atoms with Crippen LogP contribution in [0.15, 0.2) is 18.2 Å². The highest BCUT2D eigenvalue weighted by Crippen LogP contribution is 2.25. The van der Waals surface area contributed by atoms with Gasteiger partial charge in [-0.2, -0.15) is 0 Å². The van der Waals surface area contributed by atoms with Gasteiger partial charge in [-0.05, 0) is 19.1 Å². The van der Waals surface area contributed by atoms with Gasteiger partial charge in [0.15, 0.2) is 0 Å². The minimum atomic E-state index is -1.03. The Labute approximate surface area is 96.9 Å². The van der Waals surface area contributed by atoms with Crippen LogP contribution in [-0.4, -0.2) is 26.7 Å². The van der Waals surface area contributed by atoms with Crippen LogP contribution in [0.25, 0.3) is 10.9 Å². The number of carbonyl (C=O) groups is 2. The van der Waals surface area contributed by atoms with Crippen molar-refractivity contribution in [2.45, 2.75) is 6.92 Å². The molecule has 1 heterocycles. The number of nitrogens with zero attached hydrogens (tertiary/aromatic N) is 1. The molecule has 0 atom stereocenters. The molecule has 5 nitrogen and oxygen atoms in total. The third kappa shape index (κ3) is 1.56. The Kier molecular flexibility index (Phi) is 2.38. The largest absolute Gasteiger partial charge is 0.478 e. The standard InChI is InChI=1S/C12H11NO4/c1-6-10(12(16)17)8-4-3-7(11(14)15)5-9(8)13(6)2/h3-5H,1-2H3,(H,14,15)(H,16,17). The highest BCUT2D eigenvalue weighted by atomic mass is 16.4. The lowest BCUT2D eigenvalue weighted by Crippen LogP contribution is -1.99.